The van der Waals surface area contributed by atoms with E-state index in [0.29, 0.717) is 22.3 Å². The van der Waals surface area contributed by atoms with Crippen LogP contribution in [0, 0.1) is 0 Å². The molecule has 1 N–H and O–H groups in total. The highest BCUT2D eigenvalue weighted by atomic mass is 19.4. The number of nitrogens with zero attached hydrogens (tertiary/aromatic N) is 3. The van der Waals surface area contributed by atoms with Crippen LogP contribution in [0.4, 0.5) is 13.2 Å². The molecular formula is C21H21F3N4O2. The highest BCUT2D eigenvalue weighted by Crippen LogP contribution is 2.37. The van der Waals surface area contributed by atoms with E-state index in [1.807, 2.05) is 0 Å². The van der Waals surface area contributed by atoms with E-state index in [4.69, 9.17) is 4.74 Å². The number of fused-ring (bicyclic) bond motifs is 1. The molecule has 0 saturated heterocycles. The molecule has 2 aromatic heterocycles. The Balaban J connectivity index is 1.58. The van der Waals surface area contributed by atoms with Crippen molar-refractivity contribution < 1.29 is 22.7 Å². The van der Waals surface area contributed by atoms with Gasteiger partial charge in [-0.15, -0.1) is 0 Å². The van der Waals surface area contributed by atoms with E-state index in [-0.39, 0.29) is 24.2 Å². The number of amides is 1. The number of benzene rings is 1. The molecule has 1 aliphatic rings. The third kappa shape index (κ3) is 4.10. The minimum absolute atomic E-state index is 0.0866. The minimum atomic E-state index is -4.45. The van der Waals surface area contributed by atoms with Crippen LogP contribution in [0.3, 0.4) is 0 Å². The summed E-state index contributed by atoms with van der Waals surface area (Å²) in [5.74, 6) is 0.0119. The smallest absolute Gasteiger partial charge is 0.416 e. The largest absolute Gasteiger partial charge is 0.496 e. The van der Waals surface area contributed by atoms with E-state index in [0.717, 1.165) is 37.8 Å². The zero-order valence-corrected chi connectivity index (χ0v) is 16.4. The average molecular weight is 418 g/mol. The number of alkyl halides is 3. The zero-order chi connectivity index (χ0) is 21.3. The maximum absolute atomic E-state index is 13.0. The highest BCUT2D eigenvalue weighted by molar-refractivity contribution is 5.82. The van der Waals surface area contributed by atoms with Crippen LogP contribution >= 0.6 is 0 Å². The van der Waals surface area contributed by atoms with Gasteiger partial charge in [0.2, 0.25) is 5.91 Å². The van der Waals surface area contributed by atoms with Crippen LogP contribution in [0.25, 0.3) is 22.3 Å². The number of ether oxygens (including phenoxy) is 1. The van der Waals surface area contributed by atoms with Crippen molar-refractivity contribution in [1.29, 1.82) is 0 Å². The van der Waals surface area contributed by atoms with Gasteiger partial charge >= 0.3 is 6.18 Å². The lowest BCUT2D eigenvalue weighted by molar-refractivity contribution is -0.137. The molecule has 1 saturated carbocycles. The van der Waals surface area contributed by atoms with E-state index < -0.39 is 11.7 Å². The van der Waals surface area contributed by atoms with Crippen LogP contribution in [-0.2, 0) is 17.5 Å². The lowest BCUT2D eigenvalue weighted by Gasteiger charge is -2.13. The number of hydrogen-bond donors (Lipinski definition) is 1. The molecule has 2 heterocycles. The summed E-state index contributed by atoms with van der Waals surface area (Å²) in [5, 5.41) is 3.03. The molecule has 0 atom stereocenters. The molecule has 0 spiro atoms. The van der Waals surface area contributed by atoms with E-state index in [2.05, 4.69) is 15.3 Å². The second kappa shape index (κ2) is 7.97. The van der Waals surface area contributed by atoms with Crippen LogP contribution in [0.5, 0.6) is 5.75 Å². The van der Waals surface area contributed by atoms with Crippen LogP contribution in [-0.4, -0.2) is 33.6 Å². The molecule has 3 aromatic rings. The summed E-state index contributed by atoms with van der Waals surface area (Å²) in [6.45, 7) is 0.114. The van der Waals surface area contributed by atoms with Crippen LogP contribution in [0.1, 0.15) is 31.2 Å². The first-order valence-electron chi connectivity index (χ1n) is 9.71. The van der Waals surface area contributed by atoms with Gasteiger partial charge in [-0.1, -0.05) is 12.8 Å². The van der Waals surface area contributed by atoms with Crippen LogP contribution < -0.4 is 10.1 Å². The summed E-state index contributed by atoms with van der Waals surface area (Å²) >= 11 is 0. The van der Waals surface area contributed by atoms with Crippen molar-refractivity contribution in [2.45, 2.75) is 44.4 Å². The molecule has 30 heavy (non-hydrogen) atoms. The van der Waals surface area contributed by atoms with Crippen molar-refractivity contribution in [3.05, 3.63) is 42.4 Å². The van der Waals surface area contributed by atoms with Gasteiger partial charge in [-0.2, -0.15) is 13.2 Å². The Labute approximate surface area is 171 Å². The molecule has 1 amide bonds. The van der Waals surface area contributed by atoms with Crippen molar-refractivity contribution in [2.75, 3.05) is 7.11 Å². The predicted molar refractivity (Wildman–Crippen MR) is 105 cm³/mol. The maximum Gasteiger partial charge on any atom is 0.416 e. The number of rotatable bonds is 5. The van der Waals surface area contributed by atoms with E-state index >= 15 is 0 Å². The highest BCUT2D eigenvalue weighted by Gasteiger charge is 2.31. The van der Waals surface area contributed by atoms with Gasteiger partial charge in [0, 0.05) is 23.4 Å². The molecule has 1 fully saturated rings. The van der Waals surface area contributed by atoms with Gasteiger partial charge in [-0.05, 0) is 37.1 Å². The molecule has 0 radical (unpaired) electrons. The molecule has 158 valence electrons. The Morgan fingerprint density at radius 2 is 2.00 bits per heavy atom. The first-order valence-corrected chi connectivity index (χ1v) is 9.71. The van der Waals surface area contributed by atoms with Crippen molar-refractivity contribution in [3.63, 3.8) is 0 Å². The monoisotopic (exact) mass is 418 g/mol. The number of methoxy groups -OCH3 is 1. The van der Waals surface area contributed by atoms with Gasteiger partial charge < -0.3 is 14.6 Å². The number of aromatic nitrogens is 3. The standard InChI is InChI=1S/C21H21F3N4O2/c1-30-18-9-14(21(22,23)24)6-7-16(18)13-8-17-20(25-10-13)28(12-26-17)11-19(29)27-15-4-2-3-5-15/h6-10,12,15H,2-5,11H2,1H3,(H,27,29). The first-order chi connectivity index (χ1) is 14.3. The number of imidazole rings is 1. The minimum Gasteiger partial charge on any atom is -0.496 e. The van der Waals surface area contributed by atoms with Gasteiger partial charge in [-0.25, -0.2) is 9.97 Å². The average Bonchev–Trinajstić information content (AvgIpc) is 3.36. The molecule has 0 aliphatic heterocycles. The summed E-state index contributed by atoms with van der Waals surface area (Å²) in [5.41, 5.74) is 1.35. The summed E-state index contributed by atoms with van der Waals surface area (Å²) in [6, 6.07) is 5.29. The third-order valence-corrected chi connectivity index (χ3v) is 5.33. The fourth-order valence-corrected chi connectivity index (χ4v) is 3.82. The molecular weight excluding hydrogens is 397 g/mol. The number of hydrogen-bond acceptors (Lipinski definition) is 4. The van der Waals surface area contributed by atoms with Crippen LogP contribution in [0.2, 0.25) is 0 Å². The molecule has 1 aliphatic carbocycles. The first kappa shape index (κ1) is 20.2. The normalized spacial score (nSPS) is 14.9. The number of nitrogens with one attached hydrogen (secondary N) is 1. The SMILES string of the molecule is COc1cc(C(F)(F)F)ccc1-c1cnc2c(c1)ncn2CC(=O)NC1CCCC1. The summed E-state index contributed by atoms with van der Waals surface area (Å²) in [7, 11) is 1.32. The number of carbonyl (C=O) groups excluding carboxylic acids is 1. The Bertz CT molecular complexity index is 1070. The predicted octanol–water partition coefficient (Wildman–Crippen LogP) is 4.18. The Hall–Kier alpha value is -3.10. The molecule has 0 unspecified atom stereocenters. The lowest BCUT2D eigenvalue weighted by atomic mass is 10.0. The topological polar surface area (TPSA) is 69.0 Å². The number of halogens is 3. The molecule has 0 bridgehead atoms. The van der Waals surface area contributed by atoms with Gasteiger partial charge in [0.1, 0.15) is 17.8 Å². The zero-order valence-electron chi connectivity index (χ0n) is 16.4. The van der Waals surface area contributed by atoms with Crippen molar-refractivity contribution in [3.8, 4) is 16.9 Å². The number of pyridine rings is 1. The Morgan fingerprint density at radius 3 is 2.70 bits per heavy atom. The molecule has 9 heteroatoms. The quantitative estimate of drug-likeness (QED) is 0.675. The second-order valence-electron chi connectivity index (χ2n) is 7.40. The fraction of sp³-hybridized carbons (Fsp3) is 0.381. The Kier molecular flexibility index (Phi) is 5.36. The molecule has 4 rings (SSSR count). The summed E-state index contributed by atoms with van der Waals surface area (Å²) < 4.78 is 45.7. The van der Waals surface area contributed by atoms with Gasteiger partial charge in [-0.3, -0.25) is 4.79 Å². The fourth-order valence-electron chi connectivity index (χ4n) is 3.82. The Morgan fingerprint density at radius 1 is 1.23 bits per heavy atom. The molecule has 6 nitrogen and oxygen atoms in total. The van der Waals surface area contributed by atoms with Gasteiger partial charge in [0.15, 0.2) is 5.65 Å². The summed E-state index contributed by atoms with van der Waals surface area (Å²) in [4.78, 5) is 21.0. The van der Waals surface area contributed by atoms with E-state index in [9.17, 15) is 18.0 Å². The molecule has 1 aromatic carbocycles. The second-order valence-corrected chi connectivity index (χ2v) is 7.40. The number of carbonyl (C=O) groups is 1. The maximum atomic E-state index is 13.0. The van der Waals surface area contributed by atoms with Crippen molar-refractivity contribution in [1.82, 2.24) is 19.9 Å². The van der Waals surface area contributed by atoms with Crippen molar-refractivity contribution >= 4 is 17.1 Å². The van der Waals surface area contributed by atoms with Crippen LogP contribution in [0.15, 0.2) is 36.8 Å². The van der Waals surface area contributed by atoms with E-state index in [1.54, 1.807) is 23.2 Å². The van der Waals surface area contributed by atoms with Gasteiger partial charge in [0.25, 0.3) is 0 Å². The lowest BCUT2D eigenvalue weighted by Crippen LogP contribution is -2.35. The van der Waals surface area contributed by atoms with E-state index in [1.165, 1.54) is 13.2 Å². The van der Waals surface area contributed by atoms with Crippen molar-refractivity contribution in [2.24, 2.45) is 0 Å². The summed E-state index contributed by atoms with van der Waals surface area (Å²) in [6.07, 6.45) is 2.92. The third-order valence-electron chi connectivity index (χ3n) is 5.33. The van der Waals surface area contributed by atoms with Gasteiger partial charge in [0.05, 0.1) is 19.0 Å².